The van der Waals surface area contributed by atoms with Gasteiger partial charge in [-0.3, -0.25) is 28.8 Å². The molecule has 0 bridgehead atoms. The molecular weight excluding hydrogens is 400 g/mol. The van der Waals surface area contributed by atoms with Gasteiger partial charge in [0.05, 0.1) is 6.04 Å². The van der Waals surface area contributed by atoms with E-state index < -0.39 is 53.5 Å². The Kier molecular flexibility index (Phi) is 12.7. The van der Waals surface area contributed by atoms with Crippen molar-refractivity contribution in [2.45, 2.75) is 77.3 Å². The van der Waals surface area contributed by atoms with Crippen LogP contribution >= 0.6 is 0 Å². The van der Waals surface area contributed by atoms with Gasteiger partial charge in [-0.2, -0.15) is 0 Å². The van der Waals surface area contributed by atoms with E-state index in [4.69, 9.17) is 15.3 Å². The number of ketones is 1. The Morgan fingerprint density at radius 1 is 0.767 bits per heavy atom. The van der Waals surface area contributed by atoms with Gasteiger partial charge in [0.25, 0.3) is 0 Å². The molecule has 0 aliphatic heterocycles. The fourth-order valence-corrected chi connectivity index (χ4v) is 2.66. The minimum absolute atomic E-state index is 0.0842. The number of carboxylic acids is 3. The number of Topliss-reactive ketones (excluding diaryl/α,β-unsaturated/α-hetero) is 1. The first-order valence-electron chi connectivity index (χ1n) is 9.74. The Labute approximate surface area is 174 Å². The zero-order chi connectivity index (χ0) is 23.3. The Balaban J connectivity index is 5.21. The average Bonchev–Trinajstić information content (AvgIpc) is 2.65. The van der Waals surface area contributed by atoms with Crippen molar-refractivity contribution in [3.8, 4) is 0 Å². The first-order valence-corrected chi connectivity index (χ1v) is 9.74. The molecule has 0 aliphatic rings. The number of carbonyl (C=O) groups excluding carboxylic acids is 3. The van der Waals surface area contributed by atoms with Gasteiger partial charge >= 0.3 is 17.9 Å². The van der Waals surface area contributed by atoms with Crippen LogP contribution in [0.4, 0.5) is 0 Å². The van der Waals surface area contributed by atoms with Crippen LogP contribution in [-0.2, 0) is 28.8 Å². The Bertz CT molecular complexity index is 648. The predicted molar refractivity (Wildman–Crippen MR) is 104 cm³/mol. The summed E-state index contributed by atoms with van der Waals surface area (Å²) in [7, 11) is 0. The van der Waals surface area contributed by atoms with Crippen LogP contribution in [0.3, 0.4) is 0 Å². The van der Waals surface area contributed by atoms with Gasteiger partial charge in [0.1, 0.15) is 0 Å². The van der Waals surface area contributed by atoms with Crippen molar-refractivity contribution in [3.05, 3.63) is 0 Å². The predicted octanol–water partition coefficient (Wildman–Crippen LogP) is 0.556. The molecule has 170 valence electrons. The summed E-state index contributed by atoms with van der Waals surface area (Å²) >= 11 is 0. The van der Waals surface area contributed by atoms with Gasteiger partial charge in [-0.1, -0.05) is 6.92 Å². The maximum absolute atomic E-state index is 12.7. The summed E-state index contributed by atoms with van der Waals surface area (Å²) in [4.78, 5) is 69.2. The maximum Gasteiger partial charge on any atom is 0.303 e. The third kappa shape index (κ3) is 12.5. The summed E-state index contributed by atoms with van der Waals surface area (Å²) in [5.41, 5.74) is 0. The molecule has 5 N–H and O–H groups in total. The van der Waals surface area contributed by atoms with E-state index in [2.05, 4.69) is 10.6 Å². The smallest absolute Gasteiger partial charge is 0.303 e. The number of amides is 2. The van der Waals surface area contributed by atoms with Gasteiger partial charge in [0.2, 0.25) is 11.8 Å². The number of nitrogens with one attached hydrogen (secondary N) is 2. The molecule has 0 saturated heterocycles. The van der Waals surface area contributed by atoms with Gasteiger partial charge < -0.3 is 26.0 Å². The highest BCUT2D eigenvalue weighted by Gasteiger charge is 2.29. The van der Waals surface area contributed by atoms with E-state index in [9.17, 15) is 28.8 Å². The van der Waals surface area contributed by atoms with Crippen LogP contribution in [0.25, 0.3) is 0 Å². The maximum atomic E-state index is 12.7. The second-order valence-electron chi connectivity index (χ2n) is 7.05. The summed E-state index contributed by atoms with van der Waals surface area (Å²) in [6.45, 7) is 3.16. The van der Waals surface area contributed by atoms with Crippen molar-refractivity contribution in [1.29, 1.82) is 0 Å². The van der Waals surface area contributed by atoms with Crippen LogP contribution < -0.4 is 10.6 Å². The largest absolute Gasteiger partial charge is 0.481 e. The van der Waals surface area contributed by atoms with E-state index in [1.54, 1.807) is 13.8 Å². The van der Waals surface area contributed by atoms with E-state index in [0.29, 0.717) is 0 Å². The molecular formula is C19H30N2O9. The Morgan fingerprint density at radius 2 is 1.27 bits per heavy atom. The van der Waals surface area contributed by atoms with Gasteiger partial charge in [0.15, 0.2) is 5.78 Å². The van der Waals surface area contributed by atoms with Gasteiger partial charge in [0, 0.05) is 44.1 Å². The topological polar surface area (TPSA) is 187 Å². The summed E-state index contributed by atoms with van der Waals surface area (Å²) < 4.78 is 0. The van der Waals surface area contributed by atoms with Crippen LogP contribution in [0, 0.1) is 5.92 Å². The second-order valence-corrected chi connectivity index (χ2v) is 7.05. The molecule has 0 spiro atoms. The number of hydrogen-bond acceptors (Lipinski definition) is 6. The Morgan fingerprint density at radius 3 is 1.77 bits per heavy atom. The van der Waals surface area contributed by atoms with E-state index in [1.165, 1.54) is 0 Å². The lowest BCUT2D eigenvalue weighted by Crippen LogP contribution is -2.44. The highest BCUT2D eigenvalue weighted by molar-refractivity contribution is 5.92. The summed E-state index contributed by atoms with van der Waals surface area (Å²) in [6.07, 6.45) is -1.31. The van der Waals surface area contributed by atoms with Gasteiger partial charge in [-0.05, 0) is 26.2 Å². The van der Waals surface area contributed by atoms with Gasteiger partial charge in [-0.25, -0.2) is 0 Å². The fourth-order valence-electron chi connectivity index (χ4n) is 2.66. The van der Waals surface area contributed by atoms with Crippen molar-refractivity contribution in [2.24, 2.45) is 5.92 Å². The van der Waals surface area contributed by atoms with E-state index in [0.717, 1.165) is 0 Å². The van der Waals surface area contributed by atoms with Gasteiger partial charge in [-0.15, -0.1) is 0 Å². The number of carbonyl (C=O) groups is 6. The molecule has 0 aliphatic carbocycles. The zero-order valence-corrected chi connectivity index (χ0v) is 17.2. The summed E-state index contributed by atoms with van der Waals surface area (Å²) in [5, 5.41) is 31.5. The molecule has 0 aromatic heterocycles. The zero-order valence-electron chi connectivity index (χ0n) is 17.2. The van der Waals surface area contributed by atoms with Crippen LogP contribution in [0.1, 0.15) is 65.2 Å². The molecule has 0 unspecified atom stereocenters. The van der Waals surface area contributed by atoms with Crippen molar-refractivity contribution < 1.29 is 44.1 Å². The minimum Gasteiger partial charge on any atom is -0.481 e. The third-order valence-electron chi connectivity index (χ3n) is 4.40. The highest BCUT2D eigenvalue weighted by Crippen LogP contribution is 2.16. The van der Waals surface area contributed by atoms with Crippen molar-refractivity contribution >= 4 is 35.5 Å². The first-order chi connectivity index (χ1) is 14.0. The molecule has 0 aromatic rings. The molecule has 0 fully saturated rings. The normalized spacial score (nSPS) is 13.5. The van der Waals surface area contributed by atoms with E-state index in [1.807, 2.05) is 0 Å². The monoisotopic (exact) mass is 430 g/mol. The van der Waals surface area contributed by atoms with Crippen LogP contribution in [-0.4, -0.2) is 62.9 Å². The lowest BCUT2D eigenvalue weighted by Gasteiger charge is -2.22. The standard InChI is InChI=1S/C19H30N2O9/c1-3-15(23)21-13(6-9-18(28)29)14(22)10-12(5-8-17(26)27)19(30)20-11(2)4-7-16(24)25/h11-13H,3-10H2,1-2H3,(H,20,30)(H,21,23)(H,24,25)(H,26,27)(H,28,29)/t11-,12-,13+/m1/s1. The third-order valence-corrected chi connectivity index (χ3v) is 4.40. The lowest BCUT2D eigenvalue weighted by molar-refractivity contribution is -0.140. The average molecular weight is 430 g/mol. The summed E-state index contributed by atoms with van der Waals surface area (Å²) in [5.74, 6) is -5.95. The number of aliphatic carboxylic acids is 3. The molecule has 11 heteroatoms. The highest BCUT2D eigenvalue weighted by atomic mass is 16.4. The Hall–Kier alpha value is -2.98. The molecule has 11 nitrogen and oxygen atoms in total. The SMILES string of the molecule is CCC(=O)N[C@@H](CCC(=O)O)C(=O)C[C@@H](CCC(=O)O)C(=O)N[C@H](C)CCC(=O)O. The minimum atomic E-state index is -1.15. The van der Waals surface area contributed by atoms with Crippen molar-refractivity contribution in [3.63, 3.8) is 0 Å². The second kappa shape index (κ2) is 14.1. The molecule has 2 amide bonds. The molecule has 0 heterocycles. The van der Waals surface area contributed by atoms with Crippen LogP contribution in [0.2, 0.25) is 0 Å². The first kappa shape index (κ1) is 27.0. The van der Waals surface area contributed by atoms with Crippen LogP contribution in [0.15, 0.2) is 0 Å². The molecule has 0 radical (unpaired) electrons. The molecule has 0 rings (SSSR count). The van der Waals surface area contributed by atoms with E-state index >= 15 is 0 Å². The summed E-state index contributed by atoms with van der Waals surface area (Å²) in [6, 6.07) is -1.60. The molecule has 30 heavy (non-hydrogen) atoms. The van der Waals surface area contributed by atoms with Crippen molar-refractivity contribution in [2.75, 3.05) is 0 Å². The van der Waals surface area contributed by atoms with Crippen LogP contribution in [0.5, 0.6) is 0 Å². The molecule has 3 atom stereocenters. The lowest BCUT2D eigenvalue weighted by atomic mass is 9.91. The molecule has 0 saturated carbocycles. The number of rotatable bonds is 16. The fraction of sp³-hybridized carbons (Fsp3) is 0.684. The van der Waals surface area contributed by atoms with Crippen molar-refractivity contribution in [1.82, 2.24) is 10.6 Å². The number of hydrogen-bond donors (Lipinski definition) is 5. The number of carboxylic acid groups (broad SMARTS) is 3. The quantitative estimate of drug-likeness (QED) is 0.233. The molecule has 0 aromatic carbocycles. The van der Waals surface area contributed by atoms with E-state index in [-0.39, 0.29) is 51.4 Å².